The van der Waals surface area contributed by atoms with E-state index < -0.39 is 28.9 Å². The van der Waals surface area contributed by atoms with Crippen molar-refractivity contribution in [3.8, 4) is 0 Å². The largest absolute Gasteiger partial charge is 0.482 e. The van der Waals surface area contributed by atoms with Gasteiger partial charge in [0.1, 0.15) is 17.2 Å². The lowest BCUT2D eigenvalue weighted by molar-refractivity contribution is -0.111. The van der Waals surface area contributed by atoms with Crippen molar-refractivity contribution in [3.63, 3.8) is 0 Å². The molecule has 0 unspecified atom stereocenters. The second-order valence-corrected chi connectivity index (χ2v) is 9.12. The average Bonchev–Trinajstić information content (AvgIpc) is 3.49. The van der Waals surface area contributed by atoms with Crippen molar-refractivity contribution in [3.05, 3.63) is 76.3 Å². The van der Waals surface area contributed by atoms with Gasteiger partial charge in [-0.3, -0.25) is 9.59 Å². The lowest BCUT2D eigenvalue weighted by Gasteiger charge is -2.23. The van der Waals surface area contributed by atoms with Gasteiger partial charge in [-0.15, -0.1) is 0 Å². The Labute approximate surface area is 195 Å². The first kappa shape index (κ1) is 21.9. The Kier molecular flexibility index (Phi) is 5.04. The van der Waals surface area contributed by atoms with E-state index in [1.807, 2.05) is 30.9 Å². The summed E-state index contributed by atoms with van der Waals surface area (Å²) in [5.74, 6) is -2.55. The number of hydrogen-bond donors (Lipinski definition) is 2. The third-order valence-corrected chi connectivity index (χ3v) is 6.45. The van der Waals surface area contributed by atoms with Crippen molar-refractivity contribution in [2.75, 3.05) is 18.4 Å². The van der Waals surface area contributed by atoms with Gasteiger partial charge in [0.15, 0.2) is 0 Å². The van der Waals surface area contributed by atoms with Gasteiger partial charge in [0.05, 0.1) is 16.8 Å². The van der Waals surface area contributed by atoms with E-state index >= 15 is 0 Å². The monoisotopic (exact) mass is 462 g/mol. The predicted octanol–water partition coefficient (Wildman–Crippen LogP) is 4.32. The molecule has 2 aromatic carbocycles. The zero-order chi connectivity index (χ0) is 24.2. The third-order valence-electron chi connectivity index (χ3n) is 6.45. The topological polar surface area (TPSA) is 95.9 Å². The number of rotatable bonds is 3. The van der Waals surface area contributed by atoms with E-state index in [0.717, 1.165) is 49.2 Å². The van der Waals surface area contributed by atoms with Gasteiger partial charge in [-0.25, -0.2) is 9.18 Å². The zero-order valence-corrected chi connectivity index (χ0v) is 18.8. The van der Waals surface area contributed by atoms with Crippen LogP contribution >= 0.6 is 0 Å². The number of carbonyl (C=O) groups is 3. The van der Waals surface area contributed by atoms with Crippen LogP contribution in [-0.2, 0) is 9.53 Å². The molecule has 0 atom stereocenters. The number of nitrogens with one attached hydrogen (secondary N) is 1. The quantitative estimate of drug-likeness (QED) is 0.663. The molecule has 1 saturated heterocycles. The number of carboxylic acids is 1. The first-order valence-electron chi connectivity index (χ1n) is 11.1. The molecule has 0 aliphatic carbocycles. The number of halogens is 1. The van der Waals surface area contributed by atoms with Gasteiger partial charge in [0.25, 0.3) is 11.8 Å². The highest BCUT2D eigenvalue weighted by atomic mass is 19.1. The molecule has 8 heteroatoms. The fourth-order valence-corrected chi connectivity index (χ4v) is 4.71. The van der Waals surface area contributed by atoms with Gasteiger partial charge in [0.2, 0.25) is 0 Å². The number of likely N-dealkylation sites (tertiary alicyclic amines) is 1. The number of ether oxygens (including phenoxy) is 1. The number of benzene rings is 2. The summed E-state index contributed by atoms with van der Waals surface area (Å²) in [5, 5.41) is 11.8. The Bertz CT molecular complexity index is 1300. The molecule has 5 rings (SSSR count). The maximum Gasteiger partial charge on any atom is 0.338 e. The number of allylic oxidation sites excluding steroid dienone is 1. The van der Waals surface area contributed by atoms with Crippen LogP contribution in [0.3, 0.4) is 0 Å². The van der Waals surface area contributed by atoms with Crippen LogP contribution in [-0.4, -0.2) is 46.5 Å². The summed E-state index contributed by atoms with van der Waals surface area (Å²) in [7, 11) is 0. The van der Waals surface area contributed by atoms with E-state index in [0.29, 0.717) is 5.56 Å². The standard InChI is InChI=1S/C26H23FN2O5/c1-26(2)18(14-5-7-15(8-6-14)24(31)29-9-3-4-10-29)13-21(34-26)22-17-11-19(27)16(25(32)33)12-20(17)28-23(22)30/h5-8,11-13H,3-4,9-10H2,1-2H3,(H,28,30)(H,32,33)/b22-21+. The molecule has 34 heavy (non-hydrogen) atoms. The van der Waals surface area contributed by atoms with E-state index in [9.17, 15) is 18.8 Å². The summed E-state index contributed by atoms with van der Waals surface area (Å²) in [6.45, 7) is 5.28. The fourth-order valence-electron chi connectivity index (χ4n) is 4.71. The second kappa shape index (κ2) is 7.83. The van der Waals surface area contributed by atoms with Crippen molar-refractivity contribution in [2.24, 2.45) is 0 Å². The lowest BCUT2D eigenvalue weighted by atomic mass is 9.91. The molecule has 3 heterocycles. The van der Waals surface area contributed by atoms with Gasteiger partial charge in [0, 0.05) is 29.8 Å². The van der Waals surface area contributed by atoms with Crippen LogP contribution in [0, 0.1) is 5.82 Å². The molecule has 0 saturated carbocycles. The predicted molar refractivity (Wildman–Crippen MR) is 124 cm³/mol. The van der Waals surface area contributed by atoms with E-state index in [-0.39, 0.29) is 28.5 Å². The highest BCUT2D eigenvalue weighted by molar-refractivity contribution is 6.32. The minimum atomic E-state index is -1.41. The first-order chi connectivity index (χ1) is 16.2. The Morgan fingerprint density at radius 2 is 1.79 bits per heavy atom. The highest BCUT2D eigenvalue weighted by Gasteiger charge is 2.38. The lowest BCUT2D eigenvalue weighted by Crippen LogP contribution is -2.27. The summed E-state index contributed by atoms with van der Waals surface area (Å²) >= 11 is 0. The Balaban J connectivity index is 1.52. The van der Waals surface area contributed by atoms with Crippen molar-refractivity contribution < 1.29 is 28.6 Å². The van der Waals surface area contributed by atoms with E-state index in [1.54, 1.807) is 18.2 Å². The summed E-state index contributed by atoms with van der Waals surface area (Å²) in [5.41, 5.74) is 1.58. The maximum atomic E-state index is 14.4. The van der Waals surface area contributed by atoms with Crippen molar-refractivity contribution in [1.82, 2.24) is 4.90 Å². The zero-order valence-electron chi connectivity index (χ0n) is 18.8. The summed E-state index contributed by atoms with van der Waals surface area (Å²) in [6.07, 6.45) is 3.79. The van der Waals surface area contributed by atoms with Gasteiger partial charge < -0.3 is 20.1 Å². The minimum absolute atomic E-state index is 0.0183. The average molecular weight is 462 g/mol. The molecule has 174 valence electrons. The number of anilines is 1. The fraction of sp³-hybridized carbons (Fsp3) is 0.269. The summed E-state index contributed by atoms with van der Waals surface area (Å²) < 4.78 is 20.5. The summed E-state index contributed by atoms with van der Waals surface area (Å²) in [6, 6.07) is 9.45. The SMILES string of the molecule is CC1(C)O/C(=C2/C(=O)Nc3cc(C(=O)O)c(F)cc32)C=C1c1ccc(C(=O)N2CCCC2)cc1. The van der Waals surface area contributed by atoms with Crippen molar-refractivity contribution in [1.29, 1.82) is 0 Å². The smallest absolute Gasteiger partial charge is 0.338 e. The number of hydrogen-bond acceptors (Lipinski definition) is 4. The molecule has 3 aliphatic rings. The summed E-state index contributed by atoms with van der Waals surface area (Å²) in [4.78, 5) is 38.5. The maximum absolute atomic E-state index is 14.4. The number of aromatic carboxylic acids is 1. The third kappa shape index (κ3) is 3.55. The Morgan fingerprint density at radius 3 is 2.44 bits per heavy atom. The van der Waals surface area contributed by atoms with Gasteiger partial charge in [-0.05, 0) is 62.6 Å². The van der Waals surface area contributed by atoms with E-state index in [2.05, 4.69) is 5.32 Å². The Morgan fingerprint density at radius 1 is 1.12 bits per heavy atom. The molecule has 2 N–H and O–H groups in total. The molecule has 0 bridgehead atoms. The molecule has 1 fully saturated rings. The molecular formula is C26H23FN2O5. The number of nitrogens with zero attached hydrogens (tertiary/aromatic N) is 1. The van der Waals surface area contributed by atoms with Crippen LogP contribution in [0.15, 0.2) is 48.2 Å². The normalized spacial score (nSPS) is 20.6. The molecule has 0 aromatic heterocycles. The molecular weight excluding hydrogens is 439 g/mol. The molecule has 3 aliphatic heterocycles. The first-order valence-corrected chi connectivity index (χ1v) is 11.1. The van der Waals surface area contributed by atoms with Crippen molar-refractivity contribution >= 4 is 34.6 Å². The van der Waals surface area contributed by atoms with Crippen LogP contribution in [0.4, 0.5) is 10.1 Å². The van der Waals surface area contributed by atoms with Gasteiger partial charge in [-0.1, -0.05) is 12.1 Å². The number of carbonyl (C=O) groups excluding carboxylic acids is 2. The van der Waals surface area contributed by atoms with Crippen LogP contribution in [0.1, 0.15) is 58.5 Å². The Hall–Kier alpha value is -3.94. The van der Waals surface area contributed by atoms with Crippen LogP contribution in [0.5, 0.6) is 0 Å². The molecule has 2 aromatic rings. The van der Waals surface area contributed by atoms with Crippen LogP contribution in [0.2, 0.25) is 0 Å². The molecule has 0 radical (unpaired) electrons. The second-order valence-electron chi connectivity index (χ2n) is 9.12. The van der Waals surface area contributed by atoms with Gasteiger partial charge in [-0.2, -0.15) is 0 Å². The van der Waals surface area contributed by atoms with Crippen LogP contribution in [0.25, 0.3) is 11.1 Å². The minimum Gasteiger partial charge on any atom is -0.482 e. The highest BCUT2D eigenvalue weighted by Crippen LogP contribution is 2.44. The molecule has 0 spiro atoms. The number of amides is 2. The number of fused-ring (bicyclic) bond motifs is 1. The van der Waals surface area contributed by atoms with Crippen LogP contribution < -0.4 is 5.32 Å². The molecule has 7 nitrogen and oxygen atoms in total. The van der Waals surface area contributed by atoms with E-state index in [1.165, 1.54) is 0 Å². The molecule has 2 amide bonds. The number of carboxylic acid groups (broad SMARTS) is 1. The van der Waals surface area contributed by atoms with Gasteiger partial charge >= 0.3 is 5.97 Å². The van der Waals surface area contributed by atoms with Crippen molar-refractivity contribution in [2.45, 2.75) is 32.3 Å². The van der Waals surface area contributed by atoms with E-state index in [4.69, 9.17) is 9.84 Å².